The summed E-state index contributed by atoms with van der Waals surface area (Å²) in [6, 6.07) is 21.3. The van der Waals surface area contributed by atoms with Crippen LogP contribution in [0.5, 0.6) is 0 Å². The number of H-pyrrole nitrogens is 1. The number of hydrogen-bond acceptors (Lipinski definition) is 6. The standard InChI is InChI=1S/C27H26N6O3S/c1-33-17-25(31-32-33)20-9-12-22-23(16-30-24(22)15-20)27(34)26(19-5-3-2-4-6-19)29-14-13-18-7-10-21(11-8-18)37(28,35)36/h2-12,15-17,26,29-30H,13-14H2,1H3,(H2,28,35,36)/t26-/m1/s1. The third kappa shape index (κ3) is 5.36. The average molecular weight is 515 g/mol. The van der Waals surface area contributed by atoms with Gasteiger partial charge in [-0.15, -0.1) is 5.10 Å². The minimum Gasteiger partial charge on any atom is -0.360 e. The van der Waals surface area contributed by atoms with Crippen LogP contribution in [-0.4, -0.2) is 40.7 Å². The molecule has 0 aliphatic rings. The molecule has 10 heteroatoms. The van der Waals surface area contributed by atoms with Gasteiger partial charge in [0.25, 0.3) is 0 Å². The van der Waals surface area contributed by atoms with Crippen LogP contribution < -0.4 is 10.5 Å². The summed E-state index contributed by atoms with van der Waals surface area (Å²) >= 11 is 0. The largest absolute Gasteiger partial charge is 0.360 e. The number of primary sulfonamides is 1. The van der Waals surface area contributed by atoms with E-state index in [0.717, 1.165) is 33.3 Å². The number of aromatic amines is 1. The molecule has 0 fully saturated rings. The second kappa shape index (κ2) is 10.1. The van der Waals surface area contributed by atoms with Crippen molar-refractivity contribution in [2.75, 3.05) is 6.54 Å². The first-order valence-corrected chi connectivity index (χ1v) is 13.3. The molecule has 4 N–H and O–H groups in total. The third-order valence-electron chi connectivity index (χ3n) is 6.25. The topological polar surface area (TPSA) is 136 Å². The molecule has 188 valence electrons. The number of ketones is 1. The highest BCUT2D eigenvalue weighted by molar-refractivity contribution is 7.89. The lowest BCUT2D eigenvalue weighted by molar-refractivity contribution is 0.0945. The van der Waals surface area contributed by atoms with E-state index in [1.165, 1.54) is 12.1 Å². The van der Waals surface area contributed by atoms with Crippen LogP contribution in [0.1, 0.15) is 27.5 Å². The van der Waals surface area contributed by atoms with Crippen molar-refractivity contribution in [2.45, 2.75) is 17.4 Å². The number of aromatic nitrogens is 4. The summed E-state index contributed by atoms with van der Waals surface area (Å²) in [5.41, 5.74) is 4.90. The summed E-state index contributed by atoms with van der Waals surface area (Å²) < 4.78 is 24.6. The number of nitrogens with one attached hydrogen (secondary N) is 2. The predicted molar refractivity (Wildman–Crippen MR) is 141 cm³/mol. The lowest BCUT2D eigenvalue weighted by atomic mass is 9.96. The van der Waals surface area contributed by atoms with E-state index >= 15 is 0 Å². The number of rotatable bonds is 9. The number of aryl methyl sites for hydroxylation is 1. The number of carbonyl (C=O) groups is 1. The lowest BCUT2D eigenvalue weighted by Gasteiger charge is -2.18. The molecule has 9 nitrogen and oxygen atoms in total. The Kier molecular flexibility index (Phi) is 6.70. The molecule has 5 rings (SSSR count). The van der Waals surface area contributed by atoms with Gasteiger partial charge in [0.2, 0.25) is 10.0 Å². The van der Waals surface area contributed by atoms with Crippen LogP contribution in [-0.2, 0) is 23.5 Å². The molecule has 0 amide bonds. The highest BCUT2D eigenvalue weighted by atomic mass is 32.2. The van der Waals surface area contributed by atoms with Gasteiger partial charge in [0.05, 0.1) is 17.1 Å². The van der Waals surface area contributed by atoms with Gasteiger partial charge in [0.1, 0.15) is 5.69 Å². The number of Topliss-reactive ketones (excluding diaryl/α,β-unsaturated/α-hetero) is 1. The van der Waals surface area contributed by atoms with Crippen molar-refractivity contribution in [3.8, 4) is 11.3 Å². The fourth-order valence-electron chi connectivity index (χ4n) is 4.34. The SMILES string of the molecule is Cn1cc(-c2ccc3c(C(=O)[C@H](NCCc4ccc(S(N)(=O)=O)cc4)c4ccccc4)c[nH]c3c2)nn1. The first-order valence-electron chi connectivity index (χ1n) is 11.7. The van der Waals surface area contributed by atoms with Gasteiger partial charge in [-0.1, -0.05) is 59.8 Å². The summed E-state index contributed by atoms with van der Waals surface area (Å²) in [6.07, 6.45) is 4.20. The highest BCUT2D eigenvalue weighted by Crippen LogP contribution is 2.28. The molecule has 0 saturated heterocycles. The Morgan fingerprint density at radius 1 is 1.08 bits per heavy atom. The summed E-state index contributed by atoms with van der Waals surface area (Å²) in [6.45, 7) is 0.513. The second-order valence-corrected chi connectivity index (χ2v) is 10.4. The molecule has 1 atom stereocenters. The van der Waals surface area contributed by atoms with Crippen molar-refractivity contribution in [1.82, 2.24) is 25.3 Å². The van der Waals surface area contributed by atoms with Crippen molar-refractivity contribution >= 4 is 26.7 Å². The van der Waals surface area contributed by atoms with E-state index in [-0.39, 0.29) is 10.7 Å². The van der Waals surface area contributed by atoms with Crippen LogP contribution in [0.4, 0.5) is 0 Å². The summed E-state index contributed by atoms with van der Waals surface area (Å²) in [5.74, 6) is -0.0470. The van der Waals surface area contributed by atoms with Crippen LogP contribution >= 0.6 is 0 Å². The van der Waals surface area contributed by atoms with Crippen molar-refractivity contribution in [2.24, 2.45) is 12.2 Å². The molecule has 0 aliphatic heterocycles. The fraction of sp³-hybridized carbons (Fsp3) is 0.148. The minimum atomic E-state index is -3.73. The van der Waals surface area contributed by atoms with Gasteiger partial charge in [-0.05, 0) is 35.7 Å². The molecular formula is C27H26N6O3S. The number of hydrogen-bond donors (Lipinski definition) is 3. The molecule has 0 unspecified atom stereocenters. The number of nitrogens with zero attached hydrogens (tertiary/aromatic N) is 3. The molecule has 0 bridgehead atoms. The Morgan fingerprint density at radius 2 is 1.84 bits per heavy atom. The van der Waals surface area contributed by atoms with Gasteiger partial charge in [0.15, 0.2) is 5.78 Å². The fourth-order valence-corrected chi connectivity index (χ4v) is 4.85. The Labute approximate surface area is 214 Å². The van der Waals surface area contributed by atoms with Gasteiger partial charge >= 0.3 is 0 Å². The van der Waals surface area contributed by atoms with Crippen molar-refractivity contribution in [3.63, 3.8) is 0 Å². The maximum Gasteiger partial charge on any atom is 0.238 e. The van der Waals surface area contributed by atoms with Gasteiger partial charge < -0.3 is 10.3 Å². The maximum absolute atomic E-state index is 13.8. The predicted octanol–water partition coefficient (Wildman–Crippen LogP) is 3.37. The Morgan fingerprint density at radius 3 is 2.51 bits per heavy atom. The quantitative estimate of drug-likeness (QED) is 0.258. The normalized spacial score (nSPS) is 12.6. The number of nitrogens with two attached hydrogens (primary N) is 1. The van der Waals surface area contributed by atoms with E-state index < -0.39 is 16.1 Å². The maximum atomic E-state index is 13.8. The molecule has 0 radical (unpaired) electrons. The van der Waals surface area contributed by atoms with Crippen molar-refractivity contribution < 1.29 is 13.2 Å². The van der Waals surface area contributed by atoms with E-state index in [1.54, 1.807) is 23.0 Å². The van der Waals surface area contributed by atoms with E-state index in [4.69, 9.17) is 5.14 Å². The molecule has 3 aromatic carbocycles. The van der Waals surface area contributed by atoms with Crippen LogP contribution in [0.15, 0.2) is 90.1 Å². The zero-order valence-electron chi connectivity index (χ0n) is 20.1. The number of fused-ring (bicyclic) bond motifs is 1. The molecular weight excluding hydrogens is 488 g/mol. The van der Waals surface area contributed by atoms with Crippen molar-refractivity contribution in [3.05, 3.63) is 102 Å². The van der Waals surface area contributed by atoms with E-state index in [9.17, 15) is 13.2 Å². The average Bonchev–Trinajstić information content (AvgIpc) is 3.52. The number of benzene rings is 3. The van der Waals surface area contributed by atoms with E-state index in [1.807, 2.05) is 61.8 Å². The highest BCUT2D eigenvalue weighted by Gasteiger charge is 2.24. The summed E-state index contributed by atoms with van der Waals surface area (Å²) in [5, 5.41) is 17.6. The number of carbonyl (C=O) groups excluding carboxylic acids is 1. The summed E-state index contributed by atoms with van der Waals surface area (Å²) in [4.78, 5) is 17.1. The Bertz CT molecular complexity index is 1660. The third-order valence-corrected chi connectivity index (χ3v) is 7.18. The van der Waals surface area contributed by atoms with Crippen LogP contribution in [0.2, 0.25) is 0 Å². The number of sulfonamides is 1. The molecule has 0 spiro atoms. The molecule has 0 saturated carbocycles. The smallest absolute Gasteiger partial charge is 0.238 e. The van der Waals surface area contributed by atoms with Gasteiger partial charge in [-0.2, -0.15) is 0 Å². The van der Waals surface area contributed by atoms with E-state index in [0.29, 0.717) is 18.5 Å². The van der Waals surface area contributed by atoms with Crippen molar-refractivity contribution in [1.29, 1.82) is 0 Å². The van der Waals surface area contributed by atoms with E-state index in [2.05, 4.69) is 20.6 Å². The molecule has 2 aromatic heterocycles. The zero-order valence-corrected chi connectivity index (χ0v) is 20.9. The lowest BCUT2D eigenvalue weighted by Crippen LogP contribution is -2.30. The summed E-state index contributed by atoms with van der Waals surface area (Å²) in [7, 11) is -1.92. The Hall–Kier alpha value is -4.12. The first-order chi connectivity index (χ1) is 17.8. The monoisotopic (exact) mass is 514 g/mol. The molecule has 0 aliphatic carbocycles. The van der Waals surface area contributed by atoms with Crippen LogP contribution in [0.25, 0.3) is 22.2 Å². The van der Waals surface area contributed by atoms with Crippen LogP contribution in [0.3, 0.4) is 0 Å². The Balaban J connectivity index is 1.37. The van der Waals surface area contributed by atoms with Gasteiger partial charge in [-0.25, -0.2) is 13.6 Å². The second-order valence-electron chi connectivity index (χ2n) is 8.84. The van der Waals surface area contributed by atoms with Gasteiger partial charge in [-0.3, -0.25) is 9.48 Å². The minimum absolute atomic E-state index is 0.0470. The zero-order chi connectivity index (χ0) is 26.0. The van der Waals surface area contributed by atoms with Gasteiger partial charge in [0, 0.05) is 41.8 Å². The van der Waals surface area contributed by atoms with Crippen LogP contribution in [0, 0.1) is 0 Å². The molecule has 5 aromatic rings. The molecule has 2 heterocycles. The first kappa shape index (κ1) is 24.6. The molecule has 37 heavy (non-hydrogen) atoms.